The molecule has 0 aliphatic heterocycles. The topological polar surface area (TPSA) is 26.3 Å². The van der Waals surface area contributed by atoms with Gasteiger partial charge in [0.1, 0.15) is 5.78 Å². The number of fused-ring (bicyclic) bond motifs is 1. The number of carbonyl (C=O) groups excluding carboxylic acids is 1. The third-order valence-corrected chi connectivity index (χ3v) is 5.55. The Labute approximate surface area is 147 Å². The highest BCUT2D eigenvalue weighted by molar-refractivity contribution is 6.31. The number of carbonyl (C=O) groups is 1. The van der Waals surface area contributed by atoms with E-state index in [1.165, 1.54) is 13.2 Å². The lowest BCUT2D eigenvalue weighted by Crippen LogP contribution is -2.28. The van der Waals surface area contributed by atoms with Gasteiger partial charge in [-0.05, 0) is 32.3 Å². The molecule has 0 radical (unpaired) electrons. The van der Waals surface area contributed by atoms with Gasteiger partial charge in [-0.1, -0.05) is 49.0 Å². The summed E-state index contributed by atoms with van der Waals surface area (Å²) in [5.74, 6) is -1.09. The highest BCUT2D eigenvalue weighted by Gasteiger charge is 2.54. The summed E-state index contributed by atoms with van der Waals surface area (Å²) in [5.41, 5.74) is -0.512. The number of unbranched alkanes of at least 4 members (excludes halogenated alkanes) is 1. The van der Waals surface area contributed by atoms with E-state index in [9.17, 15) is 9.18 Å². The predicted octanol–water partition coefficient (Wildman–Crippen LogP) is 5.86. The summed E-state index contributed by atoms with van der Waals surface area (Å²) in [6, 6.07) is 0. The minimum atomic E-state index is -0.539. The molecule has 0 amide bonds. The highest BCUT2D eigenvalue weighted by Crippen LogP contribution is 2.55. The molecule has 2 aliphatic carbocycles. The van der Waals surface area contributed by atoms with Crippen LogP contribution in [0.5, 0.6) is 0 Å². The van der Waals surface area contributed by atoms with Crippen molar-refractivity contribution in [3.8, 4) is 0 Å². The van der Waals surface area contributed by atoms with Gasteiger partial charge in [-0.3, -0.25) is 4.79 Å². The van der Waals surface area contributed by atoms with Gasteiger partial charge in [0.2, 0.25) is 0 Å². The standard InChI is InChI=1S/C18H23Cl2FO2/c1-4-5-7-18(8-6-11(2)19)10-13-12(17(18)22)9-14(21)16(23-3)15(13)20/h6,9,12-13H,4-5,7-8,10H2,1-3H3/t12?,13?,18-/m0/s1. The third kappa shape index (κ3) is 3.51. The molecule has 0 aromatic rings. The molecule has 2 nitrogen and oxygen atoms in total. The van der Waals surface area contributed by atoms with Gasteiger partial charge >= 0.3 is 0 Å². The second-order valence-electron chi connectivity index (χ2n) is 6.48. The van der Waals surface area contributed by atoms with Crippen LogP contribution in [0.3, 0.4) is 0 Å². The second kappa shape index (κ2) is 7.40. The smallest absolute Gasteiger partial charge is 0.168 e. The average Bonchev–Trinajstić information content (AvgIpc) is 2.78. The Hall–Kier alpha value is -0.800. The molecule has 2 unspecified atom stereocenters. The molecule has 1 saturated carbocycles. The van der Waals surface area contributed by atoms with Crippen molar-refractivity contribution in [2.45, 2.75) is 46.0 Å². The normalized spacial score (nSPS) is 31.3. The van der Waals surface area contributed by atoms with Crippen molar-refractivity contribution >= 4 is 29.0 Å². The average molecular weight is 361 g/mol. The van der Waals surface area contributed by atoms with Gasteiger partial charge in [0.15, 0.2) is 11.6 Å². The Morgan fingerprint density at radius 3 is 2.83 bits per heavy atom. The number of ether oxygens (including phenoxy) is 1. The molecule has 128 valence electrons. The van der Waals surface area contributed by atoms with Gasteiger partial charge in [-0.25, -0.2) is 4.39 Å². The first-order valence-corrected chi connectivity index (χ1v) is 8.80. The lowest BCUT2D eigenvalue weighted by molar-refractivity contribution is -0.128. The Kier molecular flexibility index (Phi) is 5.96. The first kappa shape index (κ1) is 18.5. The molecular formula is C18H23Cl2FO2. The molecule has 0 bridgehead atoms. The molecule has 0 saturated heterocycles. The van der Waals surface area contributed by atoms with Crippen LogP contribution in [0.15, 0.2) is 33.8 Å². The van der Waals surface area contributed by atoms with E-state index in [-0.39, 0.29) is 17.5 Å². The maximum atomic E-state index is 14.1. The summed E-state index contributed by atoms with van der Waals surface area (Å²) >= 11 is 12.3. The van der Waals surface area contributed by atoms with Crippen LogP contribution in [-0.2, 0) is 9.53 Å². The zero-order valence-electron chi connectivity index (χ0n) is 13.8. The lowest BCUT2D eigenvalue weighted by Gasteiger charge is -2.26. The van der Waals surface area contributed by atoms with Crippen LogP contribution in [0.4, 0.5) is 4.39 Å². The molecule has 23 heavy (non-hydrogen) atoms. The number of allylic oxidation sites excluding steroid dienone is 5. The van der Waals surface area contributed by atoms with Crippen molar-refractivity contribution in [2.24, 2.45) is 17.3 Å². The molecule has 0 spiro atoms. The Bertz CT molecular complexity index is 576. The van der Waals surface area contributed by atoms with Crippen LogP contribution in [0, 0.1) is 17.3 Å². The molecule has 5 heteroatoms. The molecule has 1 fully saturated rings. The SMILES string of the molecule is CCCC[C@]1(CC=C(C)Cl)CC2C(Cl)=C(OC)C(F)=CC2C1=O. The summed E-state index contributed by atoms with van der Waals surface area (Å²) in [4.78, 5) is 13.1. The van der Waals surface area contributed by atoms with Crippen molar-refractivity contribution in [1.29, 1.82) is 0 Å². The van der Waals surface area contributed by atoms with E-state index in [1.807, 2.05) is 6.08 Å². The maximum Gasteiger partial charge on any atom is 0.168 e. The van der Waals surface area contributed by atoms with Crippen LogP contribution >= 0.6 is 23.2 Å². The van der Waals surface area contributed by atoms with Crippen LogP contribution in [-0.4, -0.2) is 12.9 Å². The quantitative estimate of drug-likeness (QED) is 0.592. The van der Waals surface area contributed by atoms with E-state index in [0.717, 1.165) is 19.3 Å². The van der Waals surface area contributed by atoms with Crippen molar-refractivity contribution < 1.29 is 13.9 Å². The predicted molar refractivity (Wildman–Crippen MR) is 91.9 cm³/mol. The van der Waals surface area contributed by atoms with Gasteiger partial charge in [0.05, 0.1) is 12.1 Å². The molecular weight excluding hydrogens is 338 g/mol. The van der Waals surface area contributed by atoms with Crippen LogP contribution < -0.4 is 0 Å². The summed E-state index contributed by atoms with van der Waals surface area (Å²) in [6.45, 7) is 3.90. The molecule has 2 rings (SSSR count). The fourth-order valence-electron chi connectivity index (χ4n) is 3.70. The zero-order valence-corrected chi connectivity index (χ0v) is 15.3. The first-order valence-electron chi connectivity index (χ1n) is 8.04. The second-order valence-corrected chi connectivity index (χ2v) is 7.48. The number of methoxy groups -OCH3 is 1. The van der Waals surface area contributed by atoms with Crippen LogP contribution in [0.1, 0.15) is 46.0 Å². The minimum Gasteiger partial charge on any atom is -0.492 e. The van der Waals surface area contributed by atoms with Gasteiger partial charge in [0, 0.05) is 22.3 Å². The number of rotatable bonds is 6. The summed E-state index contributed by atoms with van der Waals surface area (Å²) in [7, 11) is 1.40. The van der Waals surface area contributed by atoms with Crippen molar-refractivity contribution in [3.05, 3.63) is 33.8 Å². The maximum absolute atomic E-state index is 14.1. The van der Waals surface area contributed by atoms with E-state index in [4.69, 9.17) is 27.9 Å². The van der Waals surface area contributed by atoms with E-state index < -0.39 is 17.2 Å². The summed E-state index contributed by atoms with van der Waals surface area (Å²) in [5, 5.41) is 1.00. The summed E-state index contributed by atoms with van der Waals surface area (Å²) in [6.07, 6.45) is 7.20. The molecule has 0 aromatic carbocycles. The molecule has 0 N–H and O–H groups in total. The Balaban J connectivity index is 2.39. The fraction of sp³-hybridized carbons (Fsp3) is 0.611. The van der Waals surface area contributed by atoms with E-state index >= 15 is 0 Å². The zero-order chi connectivity index (χ0) is 17.2. The number of hydrogen-bond donors (Lipinski definition) is 0. The first-order chi connectivity index (χ1) is 10.9. The lowest BCUT2D eigenvalue weighted by atomic mass is 9.76. The largest absolute Gasteiger partial charge is 0.492 e. The molecule has 3 atom stereocenters. The van der Waals surface area contributed by atoms with Gasteiger partial charge < -0.3 is 4.74 Å². The molecule has 0 heterocycles. The Morgan fingerprint density at radius 1 is 1.57 bits per heavy atom. The van der Waals surface area contributed by atoms with Crippen molar-refractivity contribution in [3.63, 3.8) is 0 Å². The monoisotopic (exact) mass is 360 g/mol. The highest BCUT2D eigenvalue weighted by atomic mass is 35.5. The summed E-state index contributed by atoms with van der Waals surface area (Å²) < 4.78 is 19.2. The number of hydrogen-bond acceptors (Lipinski definition) is 2. The fourth-order valence-corrected chi connectivity index (χ4v) is 4.15. The van der Waals surface area contributed by atoms with Gasteiger partial charge in [0.25, 0.3) is 0 Å². The van der Waals surface area contributed by atoms with Crippen LogP contribution in [0.25, 0.3) is 0 Å². The Morgan fingerprint density at radius 2 is 2.26 bits per heavy atom. The van der Waals surface area contributed by atoms with Crippen molar-refractivity contribution in [2.75, 3.05) is 7.11 Å². The van der Waals surface area contributed by atoms with E-state index in [0.29, 0.717) is 22.9 Å². The number of Topliss-reactive ketones (excluding diaryl/α,β-unsaturated/α-hetero) is 1. The number of ketones is 1. The minimum absolute atomic E-state index is 0.0658. The van der Waals surface area contributed by atoms with E-state index in [2.05, 4.69) is 6.92 Å². The van der Waals surface area contributed by atoms with E-state index in [1.54, 1.807) is 6.92 Å². The van der Waals surface area contributed by atoms with Crippen molar-refractivity contribution in [1.82, 2.24) is 0 Å². The molecule has 2 aliphatic rings. The van der Waals surface area contributed by atoms with Gasteiger partial charge in [-0.15, -0.1) is 0 Å². The third-order valence-electron chi connectivity index (χ3n) is 4.94. The van der Waals surface area contributed by atoms with Crippen LogP contribution in [0.2, 0.25) is 0 Å². The number of halogens is 3. The molecule has 0 aromatic heterocycles. The van der Waals surface area contributed by atoms with Gasteiger partial charge in [-0.2, -0.15) is 0 Å².